The lowest BCUT2D eigenvalue weighted by Crippen LogP contribution is -2.37. The number of carbonyl (C=O) groups is 1. The van der Waals surface area contributed by atoms with Gasteiger partial charge in [0.15, 0.2) is 17.7 Å². The van der Waals surface area contributed by atoms with Crippen molar-refractivity contribution in [3.05, 3.63) is 54.6 Å². The first kappa shape index (κ1) is 16.7. The molecule has 5 nitrogen and oxygen atoms in total. The van der Waals surface area contributed by atoms with Gasteiger partial charge in [-0.05, 0) is 38.1 Å². The molecule has 0 aliphatic carbocycles. The number of hydrogen-bond donors (Lipinski definition) is 0. The molecule has 0 N–H and O–H groups in total. The molecule has 0 spiro atoms. The summed E-state index contributed by atoms with van der Waals surface area (Å²) < 4.78 is 15.7. The van der Waals surface area contributed by atoms with E-state index in [0.717, 1.165) is 5.69 Å². The molecule has 0 radical (unpaired) electrons. The van der Waals surface area contributed by atoms with Gasteiger partial charge in [0, 0.05) is 12.2 Å². The summed E-state index contributed by atoms with van der Waals surface area (Å²) in [5.74, 6) is 0.808. The third-order valence-corrected chi connectivity index (χ3v) is 3.40. The monoisotopic (exact) mass is 315 g/mol. The Hall–Kier alpha value is -2.69. The highest BCUT2D eigenvalue weighted by Crippen LogP contribution is 2.26. The highest BCUT2D eigenvalue weighted by Gasteiger charge is 2.19. The smallest absolute Gasteiger partial charge is 0.493 e. The van der Waals surface area contributed by atoms with Gasteiger partial charge in [0.1, 0.15) is 0 Å². The molecule has 0 aromatic heterocycles. The molecule has 0 heterocycles. The van der Waals surface area contributed by atoms with Crippen LogP contribution in [0.15, 0.2) is 54.6 Å². The van der Waals surface area contributed by atoms with Gasteiger partial charge in [-0.2, -0.15) is 0 Å². The maximum absolute atomic E-state index is 12.0. The summed E-state index contributed by atoms with van der Waals surface area (Å²) >= 11 is 0. The molecule has 23 heavy (non-hydrogen) atoms. The van der Waals surface area contributed by atoms with Crippen molar-refractivity contribution in [1.29, 1.82) is 0 Å². The zero-order valence-corrected chi connectivity index (χ0v) is 13.6. The molecule has 1 unspecified atom stereocenters. The van der Waals surface area contributed by atoms with Gasteiger partial charge in [-0.15, -0.1) is 0 Å². The molecule has 0 aliphatic rings. The SMILES string of the molecule is CCN(c1ccccc1)C(C)OC(=O)Oc1ccccc1OC. The number of anilines is 1. The Labute approximate surface area is 136 Å². The average molecular weight is 315 g/mol. The normalized spacial score (nSPS) is 11.4. The average Bonchev–Trinajstić information content (AvgIpc) is 2.57. The van der Waals surface area contributed by atoms with E-state index in [4.69, 9.17) is 14.2 Å². The van der Waals surface area contributed by atoms with E-state index in [-0.39, 0.29) is 0 Å². The number of methoxy groups -OCH3 is 1. The van der Waals surface area contributed by atoms with Crippen molar-refractivity contribution in [2.45, 2.75) is 20.1 Å². The van der Waals surface area contributed by atoms with Crippen molar-refractivity contribution in [1.82, 2.24) is 0 Å². The van der Waals surface area contributed by atoms with Gasteiger partial charge in [-0.1, -0.05) is 30.3 Å². The van der Waals surface area contributed by atoms with Crippen molar-refractivity contribution in [3.8, 4) is 11.5 Å². The van der Waals surface area contributed by atoms with Crippen LogP contribution in [-0.4, -0.2) is 26.0 Å². The summed E-state index contributed by atoms with van der Waals surface area (Å²) in [4.78, 5) is 14.0. The van der Waals surface area contributed by atoms with Crippen molar-refractivity contribution in [2.75, 3.05) is 18.6 Å². The molecular weight excluding hydrogens is 294 g/mol. The number of para-hydroxylation sites is 3. The van der Waals surface area contributed by atoms with Crippen molar-refractivity contribution in [3.63, 3.8) is 0 Å². The molecule has 0 saturated carbocycles. The van der Waals surface area contributed by atoms with Crippen LogP contribution in [-0.2, 0) is 4.74 Å². The van der Waals surface area contributed by atoms with Crippen LogP contribution in [0.5, 0.6) is 11.5 Å². The van der Waals surface area contributed by atoms with Gasteiger partial charge >= 0.3 is 6.16 Å². The number of nitrogens with zero attached hydrogens (tertiary/aromatic N) is 1. The van der Waals surface area contributed by atoms with Crippen LogP contribution in [0.3, 0.4) is 0 Å². The fraction of sp³-hybridized carbons (Fsp3) is 0.278. The number of benzene rings is 2. The van der Waals surface area contributed by atoms with Gasteiger partial charge in [0.05, 0.1) is 7.11 Å². The molecular formula is C18H21NO4. The van der Waals surface area contributed by atoms with Gasteiger partial charge in [0.25, 0.3) is 0 Å². The summed E-state index contributed by atoms with van der Waals surface area (Å²) in [7, 11) is 1.52. The van der Waals surface area contributed by atoms with Crippen LogP contribution in [0.2, 0.25) is 0 Å². The maximum atomic E-state index is 12.0. The number of ether oxygens (including phenoxy) is 3. The lowest BCUT2D eigenvalue weighted by atomic mass is 10.3. The lowest BCUT2D eigenvalue weighted by molar-refractivity contribution is 0.0637. The number of hydrogen-bond acceptors (Lipinski definition) is 5. The minimum absolute atomic E-state index is 0.329. The van der Waals surface area contributed by atoms with Crippen LogP contribution in [0, 0.1) is 0 Å². The standard InChI is InChI=1S/C18H21NO4/c1-4-19(15-10-6-5-7-11-15)14(2)22-18(20)23-17-13-9-8-12-16(17)21-3/h5-14H,4H2,1-3H3. The Morgan fingerprint density at radius 3 is 2.26 bits per heavy atom. The minimum atomic E-state index is -0.767. The molecule has 5 heteroatoms. The molecule has 0 aliphatic heterocycles. The quantitative estimate of drug-likeness (QED) is 0.456. The molecule has 122 valence electrons. The third-order valence-electron chi connectivity index (χ3n) is 3.40. The first-order valence-corrected chi connectivity index (χ1v) is 7.49. The first-order chi connectivity index (χ1) is 11.2. The van der Waals surface area contributed by atoms with E-state index >= 15 is 0 Å². The largest absolute Gasteiger partial charge is 0.515 e. The Morgan fingerprint density at radius 2 is 1.65 bits per heavy atom. The van der Waals surface area contributed by atoms with Crippen LogP contribution in [0.25, 0.3) is 0 Å². The van der Waals surface area contributed by atoms with Crippen LogP contribution in [0.4, 0.5) is 10.5 Å². The van der Waals surface area contributed by atoms with Crippen molar-refractivity contribution >= 4 is 11.8 Å². The first-order valence-electron chi connectivity index (χ1n) is 7.49. The van der Waals surface area contributed by atoms with Gasteiger partial charge in [0.2, 0.25) is 0 Å². The van der Waals surface area contributed by atoms with Crippen LogP contribution < -0.4 is 14.4 Å². The van der Waals surface area contributed by atoms with E-state index in [1.165, 1.54) is 7.11 Å². The number of rotatable bonds is 6. The van der Waals surface area contributed by atoms with Gasteiger partial charge < -0.3 is 19.1 Å². The zero-order chi connectivity index (χ0) is 16.7. The number of carbonyl (C=O) groups excluding carboxylic acids is 1. The van der Waals surface area contributed by atoms with E-state index in [1.807, 2.05) is 42.2 Å². The summed E-state index contributed by atoms with van der Waals surface area (Å²) in [6.07, 6.45) is -1.22. The second-order valence-corrected chi connectivity index (χ2v) is 4.84. The van der Waals surface area contributed by atoms with E-state index in [2.05, 4.69) is 0 Å². The highest BCUT2D eigenvalue weighted by atomic mass is 16.7. The Balaban J connectivity index is 2.01. The van der Waals surface area contributed by atoms with E-state index in [9.17, 15) is 4.79 Å². The van der Waals surface area contributed by atoms with Gasteiger partial charge in [-0.25, -0.2) is 4.79 Å². The second kappa shape index (κ2) is 8.08. The van der Waals surface area contributed by atoms with Crippen LogP contribution in [0.1, 0.15) is 13.8 Å². The summed E-state index contributed by atoms with van der Waals surface area (Å²) in [5.41, 5.74) is 0.979. The summed E-state index contributed by atoms with van der Waals surface area (Å²) in [6, 6.07) is 16.7. The van der Waals surface area contributed by atoms with E-state index in [1.54, 1.807) is 31.2 Å². The van der Waals surface area contributed by atoms with Crippen molar-refractivity contribution < 1.29 is 19.0 Å². The molecule has 0 bridgehead atoms. The molecule has 0 fully saturated rings. The molecule has 2 aromatic carbocycles. The predicted molar refractivity (Wildman–Crippen MR) is 89.0 cm³/mol. The zero-order valence-electron chi connectivity index (χ0n) is 13.6. The molecule has 0 saturated heterocycles. The Bertz CT molecular complexity index is 630. The van der Waals surface area contributed by atoms with E-state index < -0.39 is 12.4 Å². The summed E-state index contributed by atoms with van der Waals surface area (Å²) in [6.45, 7) is 4.51. The molecule has 0 amide bonds. The second-order valence-electron chi connectivity index (χ2n) is 4.84. The predicted octanol–water partition coefficient (Wildman–Crippen LogP) is 4.08. The fourth-order valence-electron chi connectivity index (χ4n) is 2.29. The van der Waals surface area contributed by atoms with Crippen LogP contribution >= 0.6 is 0 Å². The fourth-order valence-corrected chi connectivity index (χ4v) is 2.29. The molecule has 2 rings (SSSR count). The topological polar surface area (TPSA) is 48.0 Å². The lowest BCUT2D eigenvalue weighted by Gasteiger charge is -2.29. The summed E-state index contributed by atoms with van der Waals surface area (Å²) in [5, 5.41) is 0. The van der Waals surface area contributed by atoms with Crippen molar-refractivity contribution in [2.24, 2.45) is 0 Å². The molecule has 2 aromatic rings. The third kappa shape index (κ3) is 4.39. The maximum Gasteiger partial charge on any atom is 0.515 e. The van der Waals surface area contributed by atoms with Gasteiger partial charge in [-0.3, -0.25) is 0 Å². The minimum Gasteiger partial charge on any atom is -0.493 e. The highest BCUT2D eigenvalue weighted by molar-refractivity contribution is 5.66. The molecule has 1 atom stereocenters. The Morgan fingerprint density at radius 1 is 1.04 bits per heavy atom. The Kier molecular flexibility index (Phi) is 5.86. The van der Waals surface area contributed by atoms with E-state index in [0.29, 0.717) is 18.0 Å².